The van der Waals surface area contributed by atoms with Crippen LogP contribution < -0.4 is 26.2 Å². The summed E-state index contributed by atoms with van der Waals surface area (Å²) in [6.45, 7) is -0.145. The molecule has 15 aromatic carbocycles. The number of furan rings is 1. The van der Waals surface area contributed by atoms with Crippen molar-refractivity contribution < 1.29 is 4.42 Å². The Hall–Kier alpha value is -9.64. The molecule has 4 heteroatoms. The standard InChI is InChI=1S/C70H39BN2O/c1-3-19-44(20-4-1)72-58-36-43(42-33-34-63-55(35-42)46-23-7-8-32-62(46)74-63)37-59-70(58)71(68-53-30-13-28-49-47-24-9-15-40-17-11-26-51(64(40)47)56(66(49)53)38-60(68)72)69-54-31-14-29-50-48-25-10-16-41-18-12-27-52(65(41)48)57(67(50)54)39-61(69)73(59)45-21-5-2-6-22-45/h1-39H. The lowest BCUT2D eigenvalue weighted by atomic mass is 9.32. The highest BCUT2D eigenvalue weighted by Crippen LogP contribution is 2.52. The minimum Gasteiger partial charge on any atom is -0.456 e. The number of nitrogens with zero attached hydrogens (tertiary/aromatic N) is 2. The monoisotopic (exact) mass is 934 g/mol. The van der Waals surface area contributed by atoms with Gasteiger partial charge in [0.2, 0.25) is 0 Å². The molecular formula is C70H39BN2O. The first kappa shape index (κ1) is 39.0. The van der Waals surface area contributed by atoms with Gasteiger partial charge in [0, 0.05) is 44.9 Å². The van der Waals surface area contributed by atoms with Gasteiger partial charge < -0.3 is 14.2 Å². The number of para-hydroxylation sites is 3. The van der Waals surface area contributed by atoms with Crippen molar-refractivity contribution in [3.05, 3.63) is 237 Å². The van der Waals surface area contributed by atoms with Crippen molar-refractivity contribution in [2.24, 2.45) is 0 Å². The molecule has 0 fully saturated rings. The summed E-state index contributed by atoms with van der Waals surface area (Å²) in [6, 6.07) is 89.0. The molecule has 0 N–H and O–H groups in total. The third kappa shape index (κ3) is 4.93. The largest absolute Gasteiger partial charge is 0.456 e. The molecule has 2 aliphatic rings. The summed E-state index contributed by atoms with van der Waals surface area (Å²) in [6.07, 6.45) is 0. The van der Waals surface area contributed by atoms with Crippen molar-refractivity contribution in [3.8, 4) is 11.1 Å². The van der Waals surface area contributed by atoms with E-state index in [4.69, 9.17) is 4.42 Å². The fourth-order valence-electron chi connectivity index (χ4n) is 14.2. The molecule has 3 heterocycles. The SMILES string of the molecule is c1ccc(N2c3cc(-c4ccc5oc6ccccc6c5c4)cc4c3B(c3c2cc2c5cccc6cccc(c7cccc3c72)c65)c2c(cc3c5cccc6cccc(c7cccc2c73)c65)N4c2ccccc2)cc1. The normalized spacial score (nSPS) is 13.3. The maximum Gasteiger partial charge on any atom is 0.253 e. The van der Waals surface area contributed by atoms with E-state index < -0.39 is 0 Å². The Labute approximate surface area is 425 Å². The number of hydrogen-bond donors (Lipinski definition) is 0. The highest BCUT2D eigenvalue weighted by molar-refractivity contribution is 7.03. The predicted octanol–water partition coefficient (Wildman–Crippen LogP) is 17.4. The average Bonchev–Trinajstić information content (AvgIpc) is 3.84. The van der Waals surface area contributed by atoms with Gasteiger partial charge >= 0.3 is 0 Å². The van der Waals surface area contributed by atoms with Crippen molar-refractivity contribution in [2.75, 3.05) is 9.80 Å². The smallest absolute Gasteiger partial charge is 0.253 e. The minimum atomic E-state index is -0.145. The second kappa shape index (κ2) is 14.1. The predicted molar refractivity (Wildman–Crippen MR) is 316 cm³/mol. The molecule has 0 saturated carbocycles. The van der Waals surface area contributed by atoms with Gasteiger partial charge in [0.1, 0.15) is 11.2 Å². The third-order valence-corrected chi connectivity index (χ3v) is 17.0. The maximum atomic E-state index is 6.44. The second-order valence-corrected chi connectivity index (χ2v) is 20.6. The molecule has 0 saturated heterocycles. The van der Waals surface area contributed by atoms with Crippen molar-refractivity contribution >= 4 is 165 Å². The Morgan fingerprint density at radius 1 is 0.257 bits per heavy atom. The fourth-order valence-corrected chi connectivity index (χ4v) is 14.2. The summed E-state index contributed by atoms with van der Waals surface area (Å²) < 4.78 is 6.44. The number of hydrogen-bond acceptors (Lipinski definition) is 3. The van der Waals surface area contributed by atoms with Crippen LogP contribution in [-0.2, 0) is 0 Å². The second-order valence-electron chi connectivity index (χ2n) is 20.6. The Bertz CT molecular complexity index is 4830. The maximum absolute atomic E-state index is 6.44. The van der Waals surface area contributed by atoms with E-state index in [2.05, 4.69) is 246 Å². The summed E-state index contributed by atoms with van der Waals surface area (Å²) in [5.41, 5.74) is 15.1. The zero-order valence-electron chi connectivity index (χ0n) is 39.9. The van der Waals surface area contributed by atoms with Crippen LogP contribution in [-0.4, -0.2) is 6.71 Å². The van der Waals surface area contributed by atoms with Crippen LogP contribution in [0.15, 0.2) is 241 Å². The van der Waals surface area contributed by atoms with Gasteiger partial charge in [-0.15, -0.1) is 0 Å². The number of anilines is 6. The molecule has 16 aromatic rings. The molecule has 338 valence electrons. The van der Waals surface area contributed by atoms with E-state index in [1.54, 1.807) is 0 Å². The average molecular weight is 935 g/mol. The lowest BCUT2D eigenvalue weighted by molar-refractivity contribution is 0.669. The summed E-state index contributed by atoms with van der Waals surface area (Å²) >= 11 is 0. The first-order valence-corrected chi connectivity index (χ1v) is 25.8. The van der Waals surface area contributed by atoms with Crippen LogP contribution in [0.2, 0.25) is 0 Å². The van der Waals surface area contributed by atoms with Gasteiger partial charge in [-0.05, 0) is 180 Å². The summed E-state index contributed by atoms with van der Waals surface area (Å²) in [5, 5.41) is 23.0. The van der Waals surface area contributed by atoms with E-state index >= 15 is 0 Å². The lowest BCUT2D eigenvalue weighted by Gasteiger charge is -2.45. The van der Waals surface area contributed by atoms with Gasteiger partial charge in [-0.2, -0.15) is 0 Å². The molecule has 1 aromatic heterocycles. The molecule has 0 atom stereocenters. The third-order valence-electron chi connectivity index (χ3n) is 17.0. The van der Waals surface area contributed by atoms with Crippen LogP contribution in [0.25, 0.3) is 119 Å². The van der Waals surface area contributed by atoms with Gasteiger partial charge in [-0.25, -0.2) is 0 Å². The minimum absolute atomic E-state index is 0.145. The van der Waals surface area contributed by atoms with E-state index in [-0.39, 0.29) is 6.71 Å². The van der Waals surface area contributed by atoms with Crippen LogP contribution in [0.5, 0.6) is 0 Å². The quantitative estimate of drug-likeness (QED) is 0.1000. The number of rotatable bonds is 3. The molecule has 2 aliphatic heterocycles. The van der Waals surface area contributed by atoms with Gasteiger partial charge in [-0.1, -0.05) is 170 Å². The number of fused-ring (bicyclic) bond motifs is 13. The molecule has 0 amide bonds. The van der Waals surface area contributed by atoms with Crippen LogP contribution in [0.1, 0.15) is 0 Å². The van der Waals surface area contributed by atoms with Crippen LogP contribution in [0.4, 0.5) is 34.1 Å². The molecule has 0 bridgehead atoms. The Morgan fingerprint density at radius 2 is 0.662 bits per heavy atom. The van der Waals surface area contributed by atoms with Crippen molar-refractivity contribution in [3.63, 3.8) is 0 Å². The van der Waals surface area contributed by atoms with Crippen molar-refractivity contribution in [2.45, 2.75) is 0 Å². The van der Waals surface area contributed by atoms with Crippen LogP contribution >= 0.6 is 0 Å². The molecule has 0 spiro atoms. The lowest BCUT2D eigenvalue weighted by Crippen LogP contribution is -2.61. The molecule has 3 nitrogen and oxygen atoms in total. The molecule has 74 heavy (non-hydrogen) atoms. The fraction of sp³-hybridized carbons (Fsp3) is 0. The van der Waals surface area contributed by atoms with Gasteiger partial charge in [0.05, 0.1) is 0 Å². The van der Waals surface area contributed by atoms with E-state index in [1.807, 2.05) is 0 Å². The zero-order chi connectivity index (χ0) is 47.9. The first-order chi connectivity index (χ1) is 36.7. The van der Waals surface area contributed by atoms with Gasteiger partial charge in [0.25, 0.3) is 6.71 Å². The molecule has 18 rings (SSSR count). The molecular weight excluding hydrogens is 896 g/mol. The van der Waals surface area contributed by atoms with Crippen LogP contribution in [0.3, 0.4) is 0 Å². The summed E-state index contributed by atoms with van der Waals surface area (Å²) in [5.74, 6) is 0. The van der Waals surface area contributed by atoms with E-state index in [0.29, 0.717) is 0 Å². The van der Waals surface area contributed by atoms with E-state index in [9.17, 15) is 0 Å². The Kier molecular flexibility index (Phi) is 7.42. The Balaban J connectivity index is 1.06. The van der Waals surface area contributed by atoms with Crippen molar-refractivity contribution in [1.82, 2.24) is 0 Å². The molecule has 0 radical (unpaired) electrons. The molecule has 0 unspecified atom stereocenters. The summed E-state index contributed by atoms with van der Waals surface area (Å²) in [4.78, 5) is 5.19. The van der Waals surface area contributed by atoms with Gasteiger partial charge in [0.15, 0.2) is 0 Å². The topological polar surface area (TPSA) is 19.6 Å². The summed E-state index contributed by atoms with van der Waals surface area (Å²) in [7, 11) is 0. The number of benzene rings is 15. The zero-order valence-corrected chi connectivity index (χ0v) is 39.9. The Morgan fingerprint density at radius 3 is 1.19 bits per heavy atom. The molecule has 0 aliphatic carbocycles. The van der Waals surface area contributed by atoms with E-state index in [0.717, 1.165) is 44.4 Å². The van der Waals surface area contributed by atoms with Crippen LogP contribution in [0, 0.1) is 0 Å². The highest BCUT2D eigenvalue weighted by atomic mass is 16.3. The first-order valence-electron chi connectivity index (χ1n) is 25.8. The highest BCUT2D eigenvalue weighted by Gasteiger charge is 2.46. The van der Waals surface area contributed by atoms with Gasteiger partial charge in [-0.3, -0.25) is 0 Å². The van der Waals surface area contributed by atoms with E-state index in [1.165, 1.54) is 125 Å². The van der Waals surface area contributed by atoms with Crippen molar-refractivity contribution in [1.29, 1.82) is 0 Å².